The monoisotopic (exact) mass is 435 g/mol. The Morgan fingerprint density at radius 2 is 1.94 bits per heavy atom. The van der Waals surface area contributed by atoms with Gasteiger partial charge in [-0.15, -0.1) is 0 Å². The summed E-state index contributed by atoms with van der Waals surface area (Å²) in [6.07, 6.45) is 3.24. The van der Waals surface area contributed by atoms with Crippen LogP contribution in [0.15, 0.2) is 71.9 Å². The maximum absolute atomic E-state index is 12.7. The lowest BCUT2D eigenvalue weighted by molar-refractivity contribution is -0.139. The molecule has 0 fully saturated rings. The maximum atomic E-state index is 12.7. The van der Waals surface area contributed by atoms with E-state index in [1.807, 2.05) is 55.5 Å². The van der Waals surface area contributed by atoms with Gasteiger partial charge in [0.05, 0.1) is 18.2 Å². The van der Waals surface area contributed by atoms with E-state index in [0.29, 0.717) is 16.4 Å². The van der Waals surface area contributed by atoms with Crippen LogP contribution in [0, 0.1) is 0 Å². The van der Waals surface area contributed by atoms with Crippen LogP contribution in [0.1, 0.15) is 31.0 Å². The number of esters is 1. The predicted octanol–water partition coefficient (Wildman–Crippen LogP) is 4.04. The molecule has 6 nitrogen and oxygen atoms in total. The van der Waals surface area contributed by atoms with Gasteiger partial charge < -0.3 is 20.3 Å². The highest BCUT2D eigenvalue weighted by Gasteiger charge is 2.33. The second kappa shape index (κ2) is 10.0. The molecule has 0 saturated heterocycles. The fourth-order valence-electron chi connectivity index (χ4n) is 3.27. The number of thiocarbonyl (C=S) groups is 1. The molecule has 0 unspecified atom stereocenters. The van der Waals surface area contributed by atoms with Crippen LogP contribution in [0.25, 0.3) is 6.08 Å². The molecule has 160 valence electrons. The molecule has 1 amide bonds. The van der Waals surface area contributed by atoms with Gasteiger partial charge in [0.25, 0.3) is 0 Å². The van der Waals surface area contributed by atoms with Gasteiger partial charge in [-0.25, -0.2) is 4.79 Å². The lowest BCUT2D eigenvalue weighted by atomic mass is 9.95. The maximum Gasteiger partial charge on any atom is 0.338 e. The summed E-state index contributed by atoms with van der Waals surface area (Å²) in [6, 6.07) is 16.5. The highest BCUT2D eigenvalue weighted by Crippen LogP contribution is 2.31. The molecule has 1 atom stereocenters. The van der Waals surface area contributed by atoms with Gasteiger partial charge in [0.1, 0.15) is 0 Å². The molecule has 0 aliphatic carbocycles. The zero-order valence-electron chi connectivity index (χ0n) is 17.7. The van der Waals surface area contributed by atoms with E-state index in [2.05, 4.69) is 10.6 Å². The van der Waals surface area contributed by atoms with E-state index in [1.165, 1.54) is 6.08 Å². The summed E-state index contributed by atoms with van der Waals surface area (Å²) in [5, 5.41) is 6.57. The Balaban J connectivity index is 1.84. The smallest absolute Gasteiger partial charge is 0.338 e. The number of anilines is 1. The van der Waals surface area contributed by atoms with Crippen LogP contribution in [0.2, 0.25) is 0 Å². The van der Waals surface area contributed by atoms with Gasteiger partial charge in [0.15, 0.2) is 5.11 Å². The number of nitrogens with one attached hydrogen (secondary N) is 2. The molecular weight excluding hydrogens is 410 g/mol. The minimum absolute atomic E-state index is 0.245. The van der Waals surface area contributed by atoms with Crippen molar-refractivity contribution < 1.29 is 14.3 Å². The summed E-state index contributed by atoms with van der Waals surface area (Å²) < 4.78 is 5.27. The van der Waals surface area contributed by atoms with Crippen molar-refractivity contribution in [2.45, 2.75) is 19.9 Å². The minimum atomic E-state index is -0.473. The lowest BCUT2D eigenvalue weighted by Gasteiger charge is -2.35. The Morgan fingerprint density at radius 3 is 2.65 bits per heavy atom. The molecule has 2 aromatic carbocycles. The van der Waals surface area contributed by atoms with Gasteiger partial charge >= 0.3 is 5.97 Å². The Labute approximate surface area is 187 Å². The van der Waals surface area contributed by atoms with E-state index in [1.54, 1.807) is 31.0 Å². The molecule has 0 radical (unpaired) electrons. The molecule has 31 heavy (non-hydrogen) atoms. The number of benzene rings is 2. The van der Waals surface area contributed by atoms with Gasteiger partial charge in [-0.1, -0.05) is 42.5 Å². The number of amides is 1. The lowest BCUT2D eigenvalue weighted by Crippen LogP contribution is -2.46. The fourth-order valence-corrected chi connectivity index (χ4v) is 3.53. The third-order valence-corrected chi connectivity index (χ3v) is 5.36. The van der Waals surface area contributed by atoms with Crippen LogP contribution >= 0.6 is 12.2 Å². The molecule has 1 aliphatic heterocycles. The van der Waals surface area contributed by atoms with Crippen LogP contribution in [-0.4, -0.2) is 35.5 Å². The normalized spacial score (nSPS) is 16.3. The number of carbonyl (C=O) groups is 2. The van der Waals surface area contributed by atoms with E-state index in [9.17, 15) is 9.59 Å². The molecule has 2 aromatic rings. The van der Waals surface area contributed by atoms with Crippen LogP contribution in [-0.2, 0) is 14.3 Å². The number of rotatable bonds is 6. The summed E-state index contributed by atoms with van der Waals surface area (Å²) in [7, 11) is 1.80. The third kappa shape index (κ3) is 5.38. The summed E-state index contributed by atoms with van der Waals surface area (Å²) in [4.78, 5) is 26.8. The molecule has 0 bridgehead atoms. The fraction of sp³-hybridized carbons (Fsp3) is 0.208. The molecule has 0 saturated carbocycles. The molecule has 3 rings (SSSR count). The molecule has 1 heterocycles. The Bertz CT molecular complexity index is 1050. The highest BCUT2D eigenvalue weighted by atomic mass is 32.1. The van der Waals surface area contributed by atoms with E-state index in [0.717, 1.165) is 16.8 Å². The van der Waals surface area contributed by atoms with Crippen molar-refractivity contribution in [3.63, 3.8) is 0 Å². The standard InChI is InChI=1S/C24H25N3O3S/c1-4-30-23(29)21-16(2)27(3)24(31)26-22(21)18-11-8-12-19(15-18)25-20(28)14-13-17-9-6-5-7-10-17/h5-15,22H,4H2,1-3H3,(H,25,28)(H,26,31)/b14-13+/t22-/m1/s1. The van der Waals surface area contributed by atoms with Crippen molar-refractivity contribution in [1.82, 2.24) is 10.2 Å². The summed E-state index contributed by atoms with van der Waals surface area (Å²) in [5.41, 5.74) is 3.57. The third-order valence-electron chi connectivity index (χ3n) is 4.96. The van der Waals surface area contributed by atoms with E-state index >= 15 is 0 Å². The average Bonchev–Trinajstić information content (AvgIpc) is 2.77. The number of nitrogens with zero attached hydrogens (tertiary/aromatic N) is 1. The second-order valence-corrected chi connectivity index (χ2v) is 7.41. The van der Waals surface area contributed by atoms with Crippen molar-refractivity contribution in [2.75, 3.05) is 19.0 Å². The van der Waals surface area contributed by atoms with Crippen molar-refractivity contribution >= 4 is 41.0 Å². The predicted molar refractivity (Wildman–Crippen MR) is 126 cm³/mol. The SMILES string of the molecule is CCOC(=O)C1=C(C)N(C)C(=S)N[C@@H]1c1cccc(NC(=O)/C=C/c2ccccc2)c1. The molecule has 2 N–H and O–H groups in total. The average molecular weight is 436 g/mol. The molecule has 7 heteroatoms. The largest absolute Gasteiger partial charge is 0.463 e. The van der Waals surface area contributed by atoms with Crippen LogP contribution in [0.3, 0.4) is 0 Å². The van der Waals surface area contributed by atoms with Crippen molar-refractivity contribution in [3.05, 3.63) is 83.1 Å². The summed E-state index contributed by atoms with van der Waals surface area (Å²) >= 11 is 5.42. The molecule has 0 aromatic heterocycles. The van der Waals surface area contributed by atoms with Crippen LogP contribution < -0.4 is 10.6 Å². The number of allylic oxidation sites excluding steroid dienone is 1. The first-order valence-electron chi connectivity index (χ1n) is 9.97. The molecule has 0 spiro atoms. The van der Waals surface area contributed by atoms with Gasteiger partial charge in [0.2, 0.25) is 5.91 Å². The first kappa shape index (κ1) is 22.2. The summed E-state index contributed by atoms with van der Waals surface area (Å²) in [5.74, 6) is -0.641. The van der Waals surface area contributed by atoms with Gasteiger partial charge in [-0.05, 0) is 55.4 Å². The highest BCUT2D eigenvalue weighted by molar-refractivity contribution is 7.80. The quantitative estimate of drug-likeness (QED) is 0.406. The first-order chi connectivity index (χ1) is 14.9. The van der Waals surface area contributed by atoms with Gasteiger partial charge in [-0.2, -0.15) is 0 Å². The van der Waals surface area contributed by atoms with Crippen LogP contribution in [0.4, 0.5) is 5.69 Å². The van der Waals surface area contributed by atoms with Crippen LogP contribution in [0.5, 0.6) is 0 Å². The second-order valence-electron chi connectivity index (χ2n) is 7.02. The number of ether oxygens (including phenoxy) is 1. The number of carbonyl (C=O) groups excluding carboxylic acids is 2. The van der Waals surface area contributed by atoms with Crippen molar-refractivity contribution in [3.8, 4) is 0 Å². The zero-order chi connectivity index (χ0) is 22.4. The Hall–Kier alpha value is -3.45. The van der Waals surface area contributed by atoms with E-state index in [-0.39, 0.29) is 12.5 Å². The molecule has 1 aliphatic rings. The van der Waals surface area contributed by atoms with E-state index in [4.69, 9.17) is 17.0 Å². The summed E-state index contributed by atoms with van der Waals surface area (Å²) in [6.45, 7) is 3.89. The van der Waals surface area contributed by atoms with Crippen molar-refractivity contribution in [1.29, 1.82) is 0 Å². The molecular formula is C24H25N3O3S. The number of hydrogen-bond acceptors (Lipinski definition) is 4. The topological polar surface area (TPSA) is 70.7 Å². The Morgan fingerprint density at radius 1 is 1.19 bits per heavy atom. The van der Waals surface area contributed by atoms with Crippen molar-refractivity contribution in [2.24, 2.45) is 0 Å². The van der Waals surface area contributed by atoms with E-state index < -0.39 is 12.0 Å². The van der Waals surface area contributed by atoms with Gasteiger partial charge in [0, 0.05) is 24.5 Å². The minimum Gasteiger partial charge on any atom is -0.463 e. The zero-order valence-corrected chi connectivity index (χ0v) is 18.5. The number of hydrogen-bond donors (Lipinski definition) is 2. The van der Waals surface area contributed by atoms with Gasteiger partial charge in [-0.3, -0.25) is 4.79 Å². The Kier molecular flexibility index (Phi) is 7.20. The first-order valence-corrected chi connectivity index (χ1v) is 10.4.